The Balaban J connectivity index is 0.00000544. The first-order valence-electron chi connectivity index (χ1n) is 10.9. The highest BCUT2D eigenvalue weighted by Crippen LogP contribution is 2.34. The first kappa shape index (κ1) is 28.4. The van der Waals surface area contributed by atoms with Crippen LogP contribution in [0.4, 0.5) is 10.1 Å². The Morgan fingerprint density at radius 3 is 2.24 bits per heavy atom. The van der Waals surface area contributed by atoms with Gasteiger partial charge in [0, 0.05) is 17.5 Å². The predicted molar refractivity (Wildman–Crippen MR) is 129 cm³/mol. The normalized spacial score (nSPS) is 11.6. The molecule has 0 saturated heterocycles. The molecule has 6 nitrogen and oxygen atoms in total. The molecule has 0 spiro atoms. The molecule has 0 unspecified atom stereocenters. The molecule has 0 N–H and O–H groups in total. The Kier molecular flexibility index (Phi) is 10.8. The number of carbonyl (C=O) groups is 1. The van der Waals surface area contributed by atoms with Gasteiger partial charge in [-0.05, 0) is 48.6 Å². The van der Waals surface area contributed by atoms with Crippen molar-refractivity contribution in [3.05, 3.63) is 69.5 Å². The molecule has 0 aromatic heterocycles. The maximum Gasteiger partial charge on any atom is 0.269 e. The standard InChI is InChI=1S/C24H30FNO5S.CH4/c1-3-5-12-24(17-27,13-6-4-2)18-32(30,31)23-11-10-21(25)16-20(23)14-19-8-7-9-22(15-19)26(28)29;/h7-11,15-17H,3-6,12-14,18H2,1-2H3;1H4. The summed E-state index contributed by atoms with van der Waals surface area (Å²) in [7, 11) is -3.92. The largest absolute Gasteiger partial charge is 0.303 e. The zero-order valence-electron chi connectivity index (χ0n) is 18.6. The number of nitro groups is 1. The van der Waals surface area contributed by atoms with E-state index < -0.39 is 26.0 Å². The van der Waals surface area contributed by atoms with Gasteiger partial charge in [0.15, 0.2) is 9.84 Å². The van der Waals surface area contributed by atoms with Crippen molar-refractivity contribution in [3.63, 3.8) is 0 Å². The molecule has 0 bridgehead atoms. The third kappa shape index (κ3) is 7.74. The van der Waals surface area contributed by atoms with Gasteiger partial charge in [-0.25, -0.2) is 12.8 Å². The van der Waals surface area contributed by atoms with Crippen molar-refractivity contribution in [2.45, 2.75) is 71.1 Å². The number of nitrogens with zero attached hydrogens (tertiary/aromatic N) is 1. The van der Waals surface area contributed by atoms with Gasteiger partial charge < -0.3 is 4.79 Å². The summed E-state index contributed by atoms with van der Waals surface area (Å²) in [6.07, 6.45) is 4.92. The van der Waals surface area contributed by atoms with Crippen LogP contribution in [-0.4, -0.2) is 25.4 Å². The van der Waals surface area contributed by atoms with Crippen LogP contribution < -0.4 is 0 Å². The van der Waals surface area contributed by atoms with Crippen LogP contribution in [0.25, 0.3) is 0 Å². The van der Waals surface area contributed by atoms with E-state index in [2.05, 4.69) is 0 Å². The highest BCUT2D eigenvalue weighted by atomic mass is 32.2. The van der Waals surface area contributed by atoms with Gasteiger partial charge in [0.1, 0.15) is 12.1 Å². The number of unbranched alkanes of at least 4 members (excludes halogenated alkanes) is 2. The molecule has 2 aromatic rings. The molecular formula is C25H34FNO5S. The number of carbonyl (C=O) groups excluding carboxylic acids is 1. The Hall–Kier alpha value is -2.61. The molecule has 8 heteroatoms. The van der Waals surface area contributed by atoms with Gasteiger partial charge in [0.05, 0.1) is 15.6 Å². The molecule has 2 aromatic carbocycles. The second-order valence-electron chi connectivity index (χ2n) is 8.30. The van der Waals surface area contributed by atoms with Crippen LogP contribution in [-0.2, 0) is 21.1 Å². The second kappa shape index (κ2) is 12.6. The monoisotopic (exact) mass is 479 g/mol. The molecule has 0 aliphatic rings. The third-order valence-corrected chi connectivity index (χ3v) is 7.68. The minimum absolute atomic E-state index is 0. The van der Waals surface area contributed by atoms with Crippen LogP contribution in [0.5, 0.6) is 0 Å². The van der Waals surface area contributed by atoms with Gasteiger partial charge in [-0.15, -0.1) is 0 Å². The summed E-state index contributed by atoms with van der Waals surface area (Å²) in [5.41, 5.74) is -0.388. The third-order valence-electron chi connectivity index (χ3n) is 5.66. The Morgan fingerprint density at radius 1 is 1.06 bits per heavy atom. The fraction of sp³-hybridized carbons (Fsp3) is 0.480. The molecule has 0 aliphatic carbocycles. The van der Waals surface area contributed by atoms with E-state index in [1.807, 2.05) is 13.8 Å². The molecule has 0 aliphatic heterocycles. The van der Waals surface area contributed by atoms with Gasteiger partial charge in [-0.3, -0.25) is 10.1 Å². The molecule has 0 atom stereocenters. The minimum Gasteiger partial charge on any atom is -0.303 e. The van der Waals surface area contributed by atoms with Gasteiger partial charge in [-0.1, -0.05) is 59.1 Å². The highest BCUT2D eigenvalue weighted by Gasteiger charge is 2.36. The molecule has 0 radical (unpaired) electrons. The smallest absolute Gasteiger partial charge is 0.269 e. The number of hydrogen-bond donors (Lipinski definition) is 0. The molecule has 0 saturated carbocycles. The van der Waals surface area contributed by atoms with Gasteiger partial charge in [0.2, 0.25) is 0 Å². The molecule has 2 rings (SSSR count). The van der Waals surface area contributed by atoms with E-state index in [4.69, 9.17) is 0 Å². The van der Waals surface area contributed by atoms with Crippen LogP contribution in [0.15, 0.2) is 47.4 Å². The first-order valence-corrected chi connectivity index (χ1v) is 12.5. The number of nitro benzene ring substituents is 1. The maximum absolute atomic E-state index is 14.0. The molecule has 0 amide bonds. The number of aldehydes is 1. The summed E-state index contributed by atoms with van der Waals surface area (Å²) >= 11 is 0. The average Bonchev–Trinajstić information content (AvgIpc) is 2.75. The highest BCUT2D eigenvalue weighted by molar-refractivity contribution is 7.91. The van der Waals surface area contributed by atoms with Crippen LogP contribution >= 0.6 is 0 Å². The number of benzene rings is 2. The zero-order valence-corrected chi connectivity index (χ0v) is 19.4. The van der Waals surface area contributed by atoms with Crippen LogP contribution in [0.2, 0.25) is 0 Å². The predicted octanol–water partition coefficient (Wildman–Crippen LogP) is 6.30. The lowest BCUT2D eigenvalue weighted by molar-refractivity contribution is -0.384. The average molecular weight is 480 g/mol. The quantitative estimate of drug-likeness (QED) is 0.145. The molecule has 0 fully saturated rings. The summed E-state index contributed by atoms with van der Waals surface area (Å²) in [5.74, 6) is -0.931. The maximum atomic E-state index is 14.0. The zero-order chi connectivity index (χ0) is 23.8. The van der Waals surface area contributed by atoms with Crippen molar-refractivity contribution >= 4 is 21.8 Å². The van der Waals surface area contributed by atoms with Crippen molar-refractivity contribution in [1.29, 1.82) is 0 Å². The van der Waals surface area contributed by atoms with E-state index in [0.29, 0.717) is 18.4 Å². The number of non-ortho nitro benzene ring substituents is 1. The fourth-order valence-electron chi connectivity index (χ4n) is 3.92. The van der Waals surface area contributed by atoms with Crippen molar-refractivity contribution in [2.24, 2.45) is 5.41 Å². The van der Waals surface area contributed by atoms with E-state index in [1.54, 1.807) is 6.07 Å². The van der Waals surface area contributed by atoms with Crippen molar-refractivity contribution in [2.75, 3.05) is 5.75 Å². The van der Waals surface area contributed by atoms with Crippen molar-refractivity contribution < 1.29 is 22.5 Å². The molecular weight excluding hydrogens is 445 g/mol. The Bertz CT molecular complexity index is 1040. The summed E-state index contributed by atoms with van der Waals surface area (Å²) in [6, 6.07) is 9.29. The van der Waals surface area contributed by atoms with E-state index >= 15 is 0 Å². The summed E-state index contributed by atoms with van der Waals surface area (Å²) in [4.78, 5) is 22.6. The van der Waals surface area contributed by atoms with Gasteiger partial charge in [0.25, 0.3) is 5.69 Å². The van der Waals surface area contributed by atoms with Crippen molar-refractivity contribution in [1.82, 2.24) is 0 Å². The number of sulfone groups is 1. The van der Waals surface area contributed by atoms with E-state index in [1.165, 1.54) is 24.3 Å². The van der Waals surface area contributed by atoms with Crippen LogP contribution in [0.1, 0.15) is 70.9 Å². The van der Waals surface area contributed by atoms with Crippen LogP contribution in [0, 0.1) is 21.3 Å². The summed E-state index contributed by atoms with van der Waals surface area (Å²) in [5, 5.41) is 11.1. The molecule has 0 heterocycles. The summed E-state index contributed by atoms with van der Waals surface area (Å²) < 4.78 is 40.9. The number of hydrogen-bond acceptors (Lipinski definition) is 5. The second-order valence-corrected chi connectivity index (χ2v) is 10.3. The minimum atomic E-state index is -3.92. The lowest BCUT2D eigenvalue weighted by atomic mass is 9.81. The van der Waals surface area contributed by atoms with Gasteiger partial charge in [-0.2, -0.15) is 0 Å². The molecule has 182 valence electrons. The summed E-state index contributed by atoms with van der Waals surface area (Å²) in [6.45, 7) is 3.97. The van der Waals surface area contributed by atoms with E-state index in [9.17, 15) is 27.7 Å². The fourth-order valence-corrected chi connectivity index (χ4v) is 6.00. The number of rotatable bonds is 13. The topological polar surface area (TPSA) is 94.3 Å². The first-order chi connectivity index (χ1) is 15.2. The van der Waals surface area contributed by atoms with Gasteiger partial charge >= 0.3 is 0 Å². The SMILES string of the molecule is C.CCCCC(C=O)(CCCC)CS(=O)(=O)c1ccc(F)cc1Cc1cccc([N+](=O)[O-])c1. The Morgan fingerprint density at radius 2 is 1.70 bits per heavy atom. The lowest BCUT2D eigenvalue weighted by Gasteiger charge is -2.28. The lowest BCUT2D eigenvalue weighted by Crippen LogP contribution is -2.32. The Labute approximate surface area is 196 Å². The number of halogens is 1. The van der Waals surface area contributed by atoms with Crippen LogP contribution in [0.3, 0.4) is 0 Å². The van der Waals surface area contributed by atoms with E-state index in [-0.39, 0.29) is 35.7 Å². The molecule has 33 heavy (non-hydrogen) atoms. The van der Waals surface area contributed by atoms with Crippen molar-refractivity contribution in [3.8, 4) is 0 Å². The van der Waals surface area contributed by atoms with E-state index in [0.717, 1.165) is 44.1 Å².